The van der Waals surface area contributed by atoms with Crippen LogP contribution in [0.3, 0.4) is 0 Å². The molecule has 2 aromatic carbocycles. The molecular weight excluding hydrogens is 340 g/mol. The maximum Gasteiger partial charge on any atom is 0.251 e. The van der Waals surface area contributed by atoms with Gasteiger partial charge in [0.2, 0.25) is 0 Å². The lowest BCUT2D eigenvalue weighted by Gasteiger charge is -2.28. The zero-order chi connectivity index (χ0) is 19.1. The van der Waals surface area contributed by atoms with Gasteiger partial charge < -0.3 is 14.8 Å². The van der Waals surface area contributed by atoms with E-state index in [2.05, 4.69) is 22.3 Å². The average Bonchev–Trinajstić information content (AvgIpc) is 3.24. The van der Waals surface area contributed by atoms with Crippen LogP contribution in [-0.4, -0.2) is 44.2 Å². The number of carbonyl (C=O) groups is 1. The third-order valence-electron chi connectivity index (χ3n) is 4.97. The fourth-order valence-electron chi connectivity index (χ4n) is 3.50. The second-order valence-corrected chi connectivity index (χ2v) is 6.70. The van der Waals surface area contributed by atoms with Gasteiger partial charge in [-0.25, -0.2) is 0 Å². The summed E-state index contributed by atoms with van der Waals surface area (Å²) in [5.41, 5.74) is 1.85. The van der Waals surface area contributed by atoms with E-state index in [1.54, 1.807) is 19.2 Å². The Morgan fingerprint density at radius 2 is 1.67 bits per heavy atom. The lowest BCUT2D eigenvalue weighted by molar-refractivity contribution is 0.0938. The van der Waals surface area contributed by atoms with Crippen LogP contribution in [0.5, 0.6) is 11.5 Å². The van der Waals surface area contributed by atoms with Crippen LogP contribution in [0.25, 0.3) is 0 Å². The summed E-state index contributed by atoms with van der Waals surface area (Å²) in [5.74, 6) is 1.57. The van der Waals surface area contributed by atoms with Crippen LogP contribution in [0.4, 0.5) is 0 Å². The molecular formula is C22H28N2O3. The van der Waals surface area contributed by atoms with Gasteiger partial charge >= 0.3 is 0 Å². The number of nitrogens with one attached hydrogen (secondary N) is 1. The molecule has 0 unspecified atom stereocenters. The topological polar surface area (TPSA) is 50.8 Å². The summed E-state index contributed by atoms with van der Waals surface area (Å²) in [6, 6.07) is 15.6. The van der Waals surface area contributed by atoms with Gasteiger partial charge in [0.25, 0.3) is 5.91 Å². The lowest BCUT2D eigenvalue weighted by Crippen LogP contribution is -2.36. The normalized spacial score (nSPS) is 15.3. The van der Waals surface area contributed by atoms with E-state index >= 15 is 0 Å². The average molecular weight is 368 g/mol. The Bertz CT molecular complexity index is 722. The Morgan fingerprint density at radius 3 is 2.26 bits per heavy atom. The van der Waals surface area contributed by atoms with Gasteiger partial charge in [-0.1, -0.05) is 12.1 Å². The molecule has 1 atom stereocenters. The molecule has 2 aromatic rings. The maximum absolute atomic E-state index is 12.6. The van der Waals surface area contributed by atoms with Gasteiger partial charge in [0.05, 0.1) is 19.8 Å². The number of nitrogens with zero attached hydrogens (tertiary/aromatic N) is 1. The molecule has 0 aliphatic carbocycles. The minimum absolute atomic E-state index is 0.0595. The monoisotopic (exact) mass is 368 g/mol. The Labute approximate surface area is 161 Å². The molecule has 5 heteroatoms. The van der Waals surface area contributed by atoms with Crippen molar-refractivity contribution in [3.63, 3.8) is 0 Å². The predicted molar refractivity (Wildman–Crippen MR) is 106 cm³/mol. The van der Waals surface area contributed by atoms with E-state index < -0.39 is 0 Å². The fourth-order valence-corrected chi connectivity index (χ4v) is 3.50. The highest BCUT2D eigenvalue weighted by Gasteiger charge is 2.24. The molecule has 5 nitrogen and oxygen atoms in total. The first kappa shape index (κ1) is 19.2. The van der Waals surface area contributed by atoms with E-state index in [1.807, 2.05) is 31.2 Å². The number of hydrogen-bond donors (Lipinski definition) is 1. The highest BCUT2D eigenvalue weighted by molar-refractivity contribution is 5.94. The molecule has 0 saturated carbocycles. The number of rotatable bonds is 8. The molecule has 144 valence electrons. The van der Waals surface area contributed by atoms with E-state index in [0.717, 1.165) is 24.6 Å². The number of likely N-dealkylation sites (tertiary alicyclic amines) is 1. The molecule has 0 radical (unpaired) electrons. The van der Waals surface area contributed by atoms with Crippen molar-refractivity contribution in [2.24, 2.45) is 0 Å². The number of amides is 1. The van der Waals surface area contributed by atoms with Gasteiger partial charge in [-0.2, -0.15) is 0 Å². The van der Waals surface area contributed by atoms with E-state index in [1.165, 1.54) is 18.4 Å². The largest absolute Gasteiger partial charge is 0.497 e. The number of ether oxygens (including phenoxy) is 2. The summed E-state index contributed by atoms with van der Waals surface area (Å²) >= 11 is 0. The van der Waals surface area contributed by atoms with Crippen molar-refractivity contribution in [2.75, 3.05) is 33.4 Å². The molecule has 1 fully saturated rings. The predicted octanol–water partition coefficient (Wildman–Crippen LogP) is 3.66. The van der Waals surface area contributed by atoms with E-state index in [0.29, 0.717) is 18.7 Å². The van der Waals surface area contributed by atoms with Gasteiger partial charge in [-0.3, -0.25) is 9.69 Å². The molecule has 0 aromatic heterocycles. The van der Waals surface area contributed by atoms with Gasteiger partial charge in [-0.15, -0.1) is 0 Å². The van der Waals surface area contributed by atoms with E-state index in [9.17, 15) is 4.79 Å². The Kier molecular flexibility index (Phi) is 6.71. The summed E-state index contributed by atoms with van der Waals surface area (Å²) in [5, 5.41) is 3.10. The molecule has 1 aliphatic rings. The quantitative estimate of drug-likeness (QED) is 0.773. The smallest absolute Gasteiger partial charge is 0.251 e. The standard InChI is InChI=1S/C22H28N2O3/c1-3-27-20-12-8-18(9-13-20)22(25)23-16-21(24-14-4-5-15-24)17-6-10-19(26-2)11-7-17/h6-13,21H,3-5,14-16H2,1-2H3,(H,23,25)/t21-/m1/s1. The minimum atomic E-state index is -0.0595. The number of hydrogen-bond acceptors (Lipinski definition) is 4. The van der Waals surface area contributed by atoms with Crippen molar-refractivity contribution in [1.82, 2.24) is 10.2 Å². The number of benzene rings is 2. The molecule has 3 rings (SSSR count). The van der Waals surface area contributed by atoms with Crippen LogP contribution in [0.2, 0.25) is 0 Å². The molecule has 27 heavy (non-hydrogen) atoms. The highest BCUT2D eigenvalue weighted by atomic mass is 16.5. The highest BCUT2D eigenvalue weighted by Crippen LogP contribution is 2.26. The first-order valence-corrected chi connectivity index (χ1v) is 9.60. The van der Waals surface area contributed by atoms with Crippen LogP contribution in [0.1, 0.15) is 41.7 Å². The van der Waals surface area contributed by atoms with Gasteiger partial charge in [0, 0.05) is 12.1 Å². The third-order valence-corrected chi connectivity index (χ3v) is 4.97. The maximum atomic E-state index is 12.6. The van der Waals surface area contributed by atoms with Crippen molar-refractivity contribution in [3.05, 3.63) is 59.7 Å². The fraction of sp³-hybridized carbons (Fsp3) is 0.409. The first-order valence-electron chi connectivity index (χ1n) is 9.60. The van der Waals surface area contributed by atoms with Crippen LogP contribution in [0.15, 0.2) is 48.5 Å². The van der Waals surface area contributed by atoms with Crippen molar-refractivity contribution in [3.8, 4) is 11.5 Å². The van der Waals surface area contributed by atoms with Gasteiger partial charge in [-0.05, 0) is 74.8 Å². The van der Waals surface area contributed by atoms with E-state index in [4.69, 9.17) is 9.47 Å². The molecule has 0 bridgehead atoms. The second kappa shape index (κ2) is 9.42. The molecule has 1 aliphatic heterocycles. The Hall–Kier alpha value is -2.53. The summed E-state index contributed by atoms with van der Waals surface area (Å²) in [4.78, 5) is 15.0. The van der Waals surface area contributed by atoms with Crippen molar-refractivity contribution in [1.29, 1.82) is 0 Å². The molecule has 1 saturated heterocycles. The van der Waals surface area contributed by atoms with Crippen LogP contribution in [0, 0.1) is 0 Å². The van der Waals surface area contributed by atoms with Crippen molar-refractivity contribution < 1.29 is 14.3 Å². The van der Waals surface area contributed by atoms with Gasteiger partial charge in [0.1, 0.15) is 11.5 Å². The first-order chi connectivity index (χ1) is 13.2. The zero-order valence-corrected chi connectivity index (χ0v) is 16.1. The summed E-state index contributed by atoms with van der Waals surface area (Å²) in [7, 11) is 1.67. The molecule has 1 amide bonds. The summed E-state index contributed by atoms with van der Waals surface area (Å²) < 4.78 is 10.7. The van der Waals surface area contributed by atoms with Crippen LogP contribution in [-0.2, 0) is 0 Å². The Balaban J connectivity index is 1.67. The van der Waals surface area contributed by atoms with Crippen LogP contribution >= 0.6 is 0 Å². The van der Waals surface area contributed by atoms with Crippen molar-refractivity contribution in [2.45, 2.75) is 25.8 Å². The number of methoxy groups -OCH3 is 1. The summed E-state index contributed by atoms with van der Waals surface area (Å²) in [6.07, 6.45) is 2.42. The zero-order valence-electron chi connectivity index (χ0n) is 16.1. The SMILES string of the molecule is CCOc1ccc(C(=O)NC[C@H](c2ccc(OC)cc2)N2CCCC2)cc1. The molecule has 0 spiro atoms. The molecule has 1 heterocycles. The van der Waals surface area contributed by atoms with Gasteiger partial charge in [0.15, 0.2) is 0 Å². The third kappa shape index (κ3) is 5.01. The Morgan fingerprint density at radius 1 is 1.04 bits per heavy atom. The molecule has 1 N–H and O–H groups in total. The van der Waals surface area contributed by atoms with Crippen LogP contribution < -0.4 is 14.8 Å². The van der Waals surface area contributed by atoms with Crippen molar-refractivity contribution >= 4 is 5.91 Å². The lowest BCUT2D eigenvalue weighted by atomic mass is 10.0. The number of carbonyl (C=O) groups excluding carboxylic acids is 1. The summed E-state index contributed by atoms with van der Waals surface area (Å²) in [6.45, 7) is 5.27. The van der Waals surface area contributed by atoms with E-state index in [-0.39, 0.29) is 11.9 Å². The second-order valence-electron chi connectivity index (χ2n) is 6.70. The minimum Gasteiger partial charge on any atom is -0.497 e.